The van der Waals surface area contributed by atoms with Gasteiger partial charge in [-0.2, -0.15) is 0 Å². The van der Waals surface area contributed by atoms with Crippen molar-refractivity contribution >= 4 is 5.95 Å². The molecule has 0 unspecified atom stereocenters. The van der Waals surface area contributed by atoms with E-state index in [2.05, 4.69) is 9.97 Å². The molecule has 0 aliphatic rings. The van der Waals surface area contributed by atoms with Crippen LogP contribution in [0.25, 0.3) is 0 Å². The molecule has 2 aromatic rings. The average Bonchev–Trinajstić information content (AvgIpc) is 2.74. The smallest absolute Gasteiger partial charge is 0.197 e. The summed E-state index contributed by atoms with van der Waals surface area (Å²) in [6.45, 7) is 1.98. The Hall–Kier alpha value is -2.17. The minimum Gasteiger partial charge on any atom is -0.493 e. The van der Waals surface area contributed by atoms with Gasteiger partial charge in [0.2, 0.25) is 0 Å². The number of benzene rings is 1. The van der Waals surface area contributed by atoms with E-state index >= 15 is 0 Å². The Labute approximate surface area is 112 Å². The maximum absolute atomic E-state index is 5.63. The monoisotopic (exact) mass is 261 g/mol. The van der Waals surface area contributed by atoms with Gasteiger partial charge in [-0.15, -0.1) is 0 Å². The Balaban J connectivity index is 2.09. The van der Waals surface area contributed by atoms with E-state index in [0.29, 0.717) is 5.95 Å². The summed E-state index contributed by atoms with van der Waals surface area (Å²) in [5, 5.41) is 0. The number of nitrogen functional groups attached to an aromatic ring is 1. The lowest BCUT2D eigenvalue weighted by atomic mass is 10.1. The lowest BCUT2D eigenvalue weighted by molar-refractivity contribution is 0.354. The van der Waals surface area contributed by atoms with Crippen LogP contribution in [0.15, 0.2) is 18.2 Å². The normalized spacial score (nSPS) is 10.5. The number of anilines is 1. The number of nitrogens with zero attached hydrogens (tertiary/aromatic N) is 1. The summed E-state index contributed by atoms with van der Waals surface area (Å²) in [6, 6.07) is 5.94. The van der Waals surface area contributed by atoms with E-state index in [1.54, 1.807) is 14.2 Å². The van der Waals surface area contributed by atoms with E-state index in [1.807, 2.05) is 25.1 Å². The molecule has 102 valence electrons. The molecule has 1 heterocycles. The van der Waals surface area contributed by atoms with E-state index in [-0.39, 0.29) is 0 Å². The number of H-pyrrole nitrogens is 1. The van der Waals surface area contributed by atoms with Crippen molar-refractivity contribution < 1.29 is 9.47 Å². The van der Waals surface area contributed by atoms with Crippen molar-refractivity contribution in [2.24, 2.45) is 0 Å². The van der Waals surface area contributed by atoms with Crippen molar-refractivity contribution in [3.05, 3.63) is 35.2 Å². The zero-order valence-electron chi connectivity index (χ0n) is 11.5. The number of ether oxygens (including phenoxy) is 2. The molecule has 1 aromatic carbocycles. The number of nitrogens with two attached hydrogens (primary N) is 1. The maximum Gasteiger partial charge on any atom is 0.197 e. The first-order valence-electron chi connectivity index (χ1n) is 6.16. The standard InChI is InChI=1S/C14H19N3O2/c1-9-11(17-14(15)16-9)6-4-10-5-7-12(18-2)13(8-10)19-3/h5,7-8H,4,6H2,1-3H3,(H3,15,16,17). The Morgan fingerprint density at radius 3 is 2.47 bits per heavy atom. The topological polar surface area (TPSA) is 73.2 Å². The Morgan fingerprint density at radius 1 is 1.16 bits per heavy atom. The van der Waals surface area contributed by atoms with Crippen LogP contribution in [0.4, 0.5) is 5.95 Å². The van der Waals surface area contributed by atoms with Crippen LogP contribution in [0, 0.1) is 6.92 Å². The lowest BCUT2D eigenvalue weighted by Crippen LogP contribution is -1.96. The van der Waals surface area contributed by atoms with Crippen molar-refractivity contribution in [2.75, 3.05) is 20.0 Å². The molecule has 2 rings (SSSR count). The average molecular weight is 261 g/mol. The molecule has 0 bridgehead atoms. The number of nitrogens with one attached hydrogen (secondary N) is 1. The van der Waals surface area contributed by atoms with Crippen LogP contribution in [0.1, 0.15) is 17.0 Å². The minimum absolute atomic E-state index is 0.472. The number of aromatic amines is 1. The van der Waals surface area contributed by atoms with Gasteiger partial charge in [0.25, 0.3) is 0 Å². The van der Waals surface area contributed by atoms with Crippen LogP contribution < -0.4 is 15.2 Å². The molecule has 0 fully saturated rings. The van der Waals surface area contributed by atoms with Gasteiger partial charge in [0.15, 0.2) is 17.4 Å². The molecule has 0 radical (unpaired) electrons. The summed E-state index contributed by atoms with van der Waals surface area (Å²) in [5.41, 5.74) is 8.84. The zero-order chi connectivity index (χ0) is 13.8. The number of aromatic nitrogens is 2. The van der Waals surface area contributed by atoms with E-state index in [9.17, 15) is 0 Å². The number of hydrogen-bond acceptors (Lipinski definition) is 4. The van der Waals surface area contributed by atoms with Crippen LogP contribution in [0.5, 0.6) is 11.5 Å². The summed E-state index contributed by atoms with van der Waals surface area (Å²) in [6.07, 6.45) is 1.72. The molecule has 5 heteroatoms. The summed E-state index contributed by atoms with van der Waals surface area (Å²) in [7, 11) is 3.27. The lowest BCUT2D eigenvalue weighted by Gasteiger charge is -2.09. The molecule has 0 aliphatic carbocycles. The molecule has 1 aromatic heterocycles. The van der Waals surface area contributed by atoms with Crippen molar-refractivity contribution in [1.29, 1.82) is 0 Å². The first kappa shape index (κ1) is 13.3. The molecule has 3 N–H and O–H groups in total. The largest absolute Gasteiger partial charge is 0.493 e. The van der Waals surface area contributed by atoms with Crippen LogP contribution in [-0.2, 0) is 12.8 Å². The Bertz CT molecular complexity index is 564. The molecule has 0 aliphatic heterocycles. The van der Waals surface area contributed by atoms with E-state index in [0.717, 1.165) is 35.7 Å². The van der Waals surface area contributed by atoms with E-state index in [4.69, 9.17) is 15.2 Å². The highest BCUT2D eigenvalue weighted by Crippen LogP contribution is 2.28. The summed E-state index contributed by atoms with van der Waals surface area (Å²) < 4.78 is 10.5. The SMILES string of the molecule is COc1ccc(CCc2nc(N)[nH]c2C)cc1OC. The van der Waals surface area contributed by atoms with Crippen molar-refractivity contribution in [3.8, 4) is 11.5 Å². The number of rotatable bonds is 5. The summed E-state index contributed by atoms with van der Waals surface area (Å²) in [4.78, 5) is 7.27. The molecular formula is C14H19N3O2. The van der Waals surface area contributed by atoms with Crippen molar-refractivity contribution in [1.82, 2.24) is 9.97 Å². The van der Waals surface area contributed by atoms with Crippen molar-refractivity contribution in [3.63, 3.8) is 0 Å². The third kappa shape index (κ3) is 2.99. The summed E-state index contributed by atoms with van der Waals surface area (Å²) in [5.74, 6) is 1.96. The van der Waals surface area contributed by atoms with Gasteiger partial charge in [-0.1, -0.05) is 6.07 Å². The quantitative estimate of drug-likeness (QED) is 0.864. The molecule has 5 nitrogen and oxygen atoms in total. The number of imidazole rings is 1. The fraction of sp³-hybridized carbons (Fsp3) is 0.357. The molecule has 0 spiro atoms. The third-order valence-corrected chi connectivity index (χ3v) is 3.10. The van der Waals surface area contributed by atoms with Gasteiger partial charge in [-0.25, -0.2) is 4.98 Å². The van der Waals surface area contributed by atoms with Gasteiger partial charge in [0, 0.05) is 5.69 Å². The molecule has 19 heavy (non-hydrogen) atoms. The maximum atomic E-state index is 5.63. The second-order valence-corrected chi connectivity index (χ2v) is 4.38. The van der Waals surface area contributed by atoms with Crippen LogP contribution >= 0.6 is 0 Å². The summed E-state index contributed by atoms with van der Waals surface area (Å²) >= 11 is 0. The fourth-order valence-electron chi connectivity index (χ4n) is 2.06. The van der Waals surface area contributed by atoms with Crippen LogP contribution in [0.3, 0.4) is 0 Å². The Morgan fingerprint density at radius 2 is 1.89 bits per heavy atom. The van der Waals surface area contributed by atoms with Crippen LogP contribution in [0.2, 0.25) is 0 Å². The number of hydrogen-bond donors (Lipinski definition) is 2. The van der Waals surface area contributed by atoms with Gasteiger partial charge in [0.1, 0.15) is 0 Å². The number of methoxy groups -OCH3 is 2. The highest BCUT2D eigenvalue weighted by atomic mass is 16.5. The molecule has 0 saturated carbocycles. The van der Waals surface area contributed by atoms with Gasteiger partial charge in [-0.3, -0.25) is 0 Å². The van der Waals surface area contributed by atoms with Gasteiger partial charge >= 0.3 is 0 Å². The van der Waals surface area contributed by atoms with E-state index < -0.39 is 0 Å². The van der Waals surface area contributed by atoms with Crippen molar-refractivity contribution in [2.45, 2.75) is 19.8 Å². The first-order chi connectivity index (χ1) is 9.13. The minimum atomic E-state index is 0.472. The predicted octanol–water partition coefficient (Wildman–Crippen LogP) is 2.10. The number of aryl methyl sites for hydroxylation is 3. The second kappa shape index (κ2) is 5.65. The fourth-order valence-corrected chi connectivity index (χ4v) is 2.06. The molecule has 0 amide bonds. The predicted molar refractivity (Wildman–Crippen MR) is 74.7 cm³/mol. The highest BCUT2D eigenvalue weighted by Gasteiger charge is 2.07. The Kier molecular flexibility index (Phi) is 3.94. The van der Waals surface area contributed by atoms with Gasteiger partial charge in [0.05, 0.1) is 19.9 Å². The van der Waals surface area contributed by atoms with E-state index in [1.165, 1.54) is 5.56 Å². The van der Waals surface area contributed by atoms with Gasteiger partial charge < -0.3 is 20.2 Å². The van der Waals surface area contributed by atoms with Crippen LogP contribution in [-0.4, -0.2) is 24.2 Å². The third-order valence-electron chi connectivity index (χ3n) is 3.10. The zero-order valence-corrected chi connectivity index (χ0v) is 11.5. The first-order valence-corrected chi connectivity index (χ1v) is 6.16. The molecule has 0 saturated heterocycles. The second-order valence-electron chi connectivity index (χ2n) is 4.38. The highest BCUT2D eigenvalue weighted by molar-refractivity contribution is 5.43. The molecular weight excluding hydrogens is 242 g/mol. The molecule has 0 atom stereocenters. The van der Waals surface area contributed by atoms with Gasteiger partial charge in [-0.05, 0) is 37.5 Å².